The van der Waals surface area contributed by atoms with Crippen LogP contribution in [-0.2, 0) is 4.79 Å². The van der Waals surface area contributed by atoms with Gasteiger partial charge in [0.2, 0.25) is 0 Å². The van der Waals surface area contributed by atoms with Crippen molar-refractivity contribution in [1.29, 1.82) is 0 Å². The molecule has 0 aliphatic heterocycles. The van der Waals surface area contributed by atoms with Gasteiger partial charge in [-0.05, 0) is 37.1 Å². The zero-order valence-electron chi connectivity index (χ0n) is 12.3. The molecule has 0 aliphatic carbocycles. The van der Waals surface area contributed by atoms with Gasteiger partial charge in [-0.2, -0.15) is 0 Å². The van der Waals surface area contributed by atoms with E-state index < -0.39 is 5.54 Å². The number of aliphatic hydroxyl groups is 1. The summed E-state index contributed by atoms with van der Waals surface area (Å²) in [5, 5.41) is 12.2. The highest BCUT2D eigenvalue weighted by Crippen LogP contribution is 2.17. The monoisotopic (exact) mass is 281 g/mol. The first-order valence-electron chi connectivity index (χ1n) is 6.78. The van der Waals surface area contributed by atoms with E-state index in [0.717, 1.165) is 5.75 Å². The first kappa shape index (κ1) is 16.3. The Labute approximate surface area is 119 Å². The van der Waals surface area contributed by atoms with Gasteiger partial charge in [-0.3, -0.25) is 4.79 Å². The van der Waals surface area contributed by atoms with Crippen molar-refractivity contribution in [2.24, 2.45) is 0 Å². The van der Waals surface area contributed by atoms with E-state index in [-0.39, 0.29) is 19.1 Å². The van der Waals surface area contributed by atoms with Crippen molar-refractivity contribution in [3.63, 3.8) is 0 Å². The maximum atomic E-state index is 11.9. The van der Waals surface area contributed by atoms with E-state index in [1.165, 1.54) is 0 Å². The molecule has 0 heterocycles. The number of aliphatic hydroxyl groups excluding tert-OH is 1. The number of ether oxygens (including phenoxy) is 2. The Kier molecular flexibility index (Phi) is 6.31. The largest absolute Gasteiger partial charge is 0.497 e. The van der Waals surface area contributed by atoms with E-state index in [0.29, 0.717) is 18.6 Å². The molecule has 0 saturated carbocycles. The zero-order chi connectivity index (χ0) is 15.0. The molecule has 0 saturated heterocycles. The lowest BCUT2D eigenvalue weighted by Crippen LogP contribution is -2.51. The third-order valence-corrected chi connectivity index (χ3v) is 3.49. The summed E-state index contributed by atoms with van der Waals surface area (Å²) in [6.45, 7) is 3.72. The van der Waals surface area contributed by atoms with Crippen LogP contribution >= 0.6 is 0 Å². The molecule has 112 valence electrons. The fourth-order valence-electron chi connectivity index (χ4n) is 1.84. The van der Waals surface area contributed by atoms with Crippen LogP contribution in [0.4, 0.5) is 0 Å². The molecule has 5 nitrogen and oxygen atoms in total. The molecular weight excluding hydrogens is 258 g/mol. The summed E-state index contributed by atoms with van der Waals surface area (Å²) in [5.41, 5.74) is -0.555. The fourth-order valence-corrected chi connectivity index (χ4v) is 1.84. The van der Waals surface area contributed by atoms with E-state index in [1.54, 1.807) is 31.4 Å². The van der Waals surface area contributed by atoms with Crippen molar-refractivity contribution in [2.45, 2.75) is 32.2 Å². The number of hydrogen-bond acceptors (Lipinski definition) is 4. The summed E-state index contributed by atoms with van der Waals surface area (Å²) < 4.78 is 10.4. The molecule has 1 aromatic rings. The summed E-state index contributed by atoms with van der Waals surface area (Å²) in [5.74, 6) is 1.10. The molecule has 0 bridgehead atoms. The predicted molar refractivity (Wildman–Crippen MR) is 77.0 cm³/mol. The normalized spacial score (nSPS) is 11.0. The Morgan fingerprint density at radius 2 is 1.75 bits per heavy atom. The highest BCUT2D eigenvalue weighted by molar-refractivity contribution is 5.78. The molecule has 0 spiro atoms. The SMILES string of the molecule is CCC(CC)(CO)NC(=O)COc1ccc(OC)cc1. The average molecular weight is 281 g/mol. The first-order valence-corrected chi connectivity index (χ1v) is 6.78. The van der Waals surface area contributed by atoms with Crippen LogP contribution in [0, 0.1) is 0 Å². The van der Waals surface area contributed by atoms with Crippen LogP contribution in [0.5, 0.6) is 11.5 Å². The molecule has 0 aliphatic rings. The molecule has 1 aromatic carbocycles. The molecule has 20 heavy (non-hydrogen) atoms. The van der Waals surface area contributed by atoms with Crippen LogP contribution in [0.3, 0.4) is 0 Å². The van der Waals surface area contributed by atoms with Crippen molar-refractivity contribution < 1.29 is 19.4 Å². The highest BCUT2D eigenvalue weighted by atomic mass is 16.5. The van der Waals surface area contributed by atoms with Crippen molar-refractivity contribution in [2.75, 3.05) is 20.3 Å². The topological polar surface area (TPSA) is 67.8 Å². The maximum absolute atomic E-state index is 11.9. The fraction of sp³-hybridized carbons (Fsp3) is 0.533. The van der Waals surface area contributed by atoms with Gasteiger partial charge in [0.05, 0.1) is 19.3 Å². The van der Waals surface area contributed by atoms with E-state index in [2.05, 4.69) is 5.32 Å². The second-order valence-corrected chi connectivity index (χ2v) is 4.66. The van der Waals surface area contributed by atoms with Gasteiger partial charge in [0.1, 0.15) is 11.5 Å². The first-order chi connectivity index (χ1) is 9.59. The molecule has 0 atom stereocenters. The number of carbonyl (C=O) groups excluding carboxylic acids is 1. The number of rotatable bonds is 8. The lowest BCUT2D eigenvalue weighted by molar-refractivity contribution is -0.125. The van der Waals surface area contributed by atoms with Gasteiger partial charge < -0.3 is 19.9 Å². The van der Waals surface area contributed by atoms with Gasteiger partial charge in [-0.25, -0.2) is 0 Å². The van der Waals surface area contributed by atoms with Crippen LogP contribution in [-0.4, -0.2) is 36.9 Å². The molecular formula is C15H23NO4. The lowest BCUT2D eigenvalue weighted by Gasteiger charge is -2.30. The van der Waals surface area contributed by atoms with Crippen LogP contribution in [0.15, 0.2) is 24.3 Å². The van der Waals surface area contributed by atoms with Gasteiger partial charge in [0.25, 0.3) is 5.91 Å². The number of carbonyl (C=O) groups is 1. The number of methoxy groups -OCH3 is 1. The Bertz CT molecular complexity index is 404. The van der Waals surface area contributed by atoms with Crippen molar-refractivity contribution in [3.05, 3.63) is 24.3 Å². The summed E-state index contributed by atoms with van der Waals surface area (Å²) in [7, 11) is 1.59. The minimum Gasteiger partial charge on any atom is -0.497 e. The minimum absolute atomic E-state index is 0.0751. The third-order valence-electron chi connectivity index (χ3n) is 3.49. The van der Waals surface area contributed by atoms with Crippen LogP contribution in [0.2, 0.25) is 0 Å². The third kappa shape index (κ3) is 4.42. The average Bonchev–Trinajstić information content (AvgIpc) is 2.51. The Hall–Kier alpha value is -1.75. The summed E-state index contributed by atoms with van der Waals surface area (Å²) >= 11 is 0. The molecule has 1 rings (SSSR count). The van der Waals surface area contributed by atoms with Crippen LogP contribution in [0.1, 0.15) is 26.7 Å². The Morgan fingerprint density at radius 1 is 1.20 bits per heavy atom. The standard InChI is InChI=1S/C15H23NO4/c1-4-15(5-2,11-17)16-14(18)10-20-13-8-6-12(19-3)7-9-13/h6-9,17H,4-5,10-11H2,1-3H3,(H,16,18). The van der Waals surface area contributed by atoms with Gasteiger partial charge >= 0.3 is 0 Å². The predicted octanol–water partition coefficient (Wildman–Crippen LogP) is 1.74. The maximum Gasteiger partial charge on any atom is 0.258 e. The molecule has 0 aromatic heterocycles. The van der Waals surface area contributed by atoms with Crippen molar-refractivity contribution >= 4 is 5.91 Å². The molecule has 0 radical (unpaired) electrons. The Morgan fingerprint density at radius 3 is 2.20 bits per heavy atom. The Balaban J connectivity index is 2.50. The van der Waals surface area contributed by atoms with Gasteiger partial charge in [0.15, 0.2) is 6.61 Å². The second-order valence-electron chi connectivity index (χ2n) is 4.66. The summed E-state index contributed by atoms with van der Waals surface area (Å²) in [4.78, 5) is 11.9. The number of benzene rings is 1. The van der Waals surface area contributed by atoms with Crippen molar-refractivity contribution in [1.82, 2.24) is 5.32 Å². The van der Waals surface area contributed by atoms with E-state index in [1.807, 2.05) is 13.8 Å². The molecule has 0 unspecified atom stereocenters. The minimum atomic E-state index is -0.555. The summed E-state index contributed by atoms with van der Waals surface area (Å²) in [6.07, 6.45) is 1.35. The zero-order valence-corrected chi connectivity index (χ0v) is 12.3. The number of nitrogens with one attached hydrogen (secondary N) is 1. The van der Waals surface area contributed by atoms with Crippen LogP contribution in [0.25, 0.3) is 0 Å². The number of amides is 1. The van der Waals surface area contributed by atoms with Crippen molar-refractivity contribution in [3.8, 4) is 11.5 Å². The van der Waals surface area contributed by atoms with Gasteiger partial charge in [-0.1, -0.05) is 13.8 Å². The molecule has 1 amide bonds. The van der Waals surface area contributed by atoms with E-state index in [4.69, 9.17) is 9.47 Å². The highest BCUT2D eigenvalue weighted by Gasteiger charge is 2.27. The summed E-state index contributed by atoms with van der Waals surface area (Å²) in [6, 6.07) is 7.02. The number of hydrogen-bond donors (Lipinski definition) is 2. The van der Waals surface area contributed by atoms with E-state index in [9.17, 15) is 9.90 Å². The van der Waals surface area contributed by atoms with Crippen LogP contribution < -0.4 is 14.8 Å². The lowest BCUT2D eigenvalue weighted by atomic mass is 9.94. The smallest absolute Gasteiger partial charge is 0.258 e. The molecule has 0 fully saturated rings. The van der Waals surface area contributed by atoms with E-state index >= 15 is 0 Å². The van der Waals surface area contributed by atoms with Gasteiger partial charge in [-0.15, -0.1) is 0 Å². The quantitative estimate of drug-likeness (QED) is 0.761. The van der Waals surface area contributed by atoms with Gasteiger partial charge in [0, 0.05) is 0 Å². The molecule has 2 N–H and O–H groups in total. The molecule has 5 heteroatoms. The second kappa shape index (κ2) is 7.75.